The molecule has 2 N–H and O–H groups in total. The van der Waals surface area contributed by atoms with Crippen molar-refractivity contribution in [2.75, 3.05) is 11.4 Å². The fraction of sp³-hybridized carbons (Fsp3) is 0.529. The number of carboxylic acids is 1. The van der Waals surface area contributed by atoms with Crippen molar-refractivity contribution in [1.29, 1.82) is 0 Å². The molecule has 8 heteroatoms. The number of amides is 2. The summed E-state index contributed by atoms with van der Waals surface area (Å²) in [6, 6.07) is 16.5. The zero-order valence-corrected chi connectivity index (χ0v) is 25.1. The number of hydrogen-bond acceptors (Lipinski definition) is 5. The summed E-state index contributed by atoms with van der Waals surface area (Å²) in [5.74, 6) is -2.48. The summed E-state index contributed by atoms with van der Waals surface area (Å²) in [5.41, 5.74) is 1.59. The molecule has 0 spiro atoms. The summed E-state index contributed by atoms with van der Waals surface area (Å²) in [5, 5.41) is 13.0. The van der Waals surface area contributed by atoms with Gasteiger partial charge in [-0.25, -0.2) is 0 Å². The number of anilines is 1. The summed E-state index contributed by atoms with van der Waals surface area (Å²) in [6.45, 7) is 5.09. The lowest BCUT2D eigenvalue weighted by molar-refractivity contribution is -0.153. The lowest BCUT2D eigenvalue weighted by Gasteiger charge is -2.32. The maximum atomic E-state index is 13.8. The number of aryl methyl sites for hydroxylation is 2. The third-order valence-corrected chi connectivity index (χ3v) is 8.44. The smallest absolute Gasteiger partial charge is 0.326 e. The van der Waals surface area contributed by atoms with E-state index < -0.39 is 34.9 Å². The molecule has 0 saturated heterocycles. The van der Waals surface area contributed by atoms with Crippen LogP contribution in [0.1, 0.15) is 83.3 Å². The number of esters is 1. The van der Waals surface area contributed by atoms with Gasteiger partial charge in [-0.2, -0.15) is 0 Å². The number of nitrogens with one attached hydrogen (secondary N) is 1. The zero-order valence-electron chi connectivity index (χ0n) is 25.1. The Morgan fingerprint density at radius 1 is 1.05 bits per heavy atom. The lowest BCUT2D eigenvalue weighted by atomic mass is 9.73. The van der Waals surface area contributed by atoms with Gasteiger partial charge in [0.25, 0.3) is 0 Å². The van der Waals surface area contributed by atoms with Crippen LogP contribution in [0.15, 0.2) is 54.6 Å². The summed E-state index contributed by atoms with van der Waals surface area (Å²) in [4.78, 5) is 53.7. The Bertz CT molecular complexity index is 1260. The molecule has 1 fully saturated rings. The molecule has 2 aromatic carbocycles. The molecule has 0 radical (unpaired) electrons. The van der Waals surface area contributed by atoms with Gasteiger partial charge in [-0.15, -0.1) is 0 Å². The summed E-state index contributed by atoms with van der Waals surface area (Å²) in [7, 11) is 0. The average molecular weight is 577 g/mol. The van der Waals surface area contributed by atoms with Crippen LogP contribution in [-0.2, 0) is 36.8 Å². The van der Waals surface area contributed by atoms with Crippen molar-refractivity contribution >= 4 is 29.4 Å². The van der Waals surface area contributed by atoms with Crippen molar-refractivity contribution in [2.24, 2.45) is 11.3 Å². The molecule has 1 heterocycles. The quantitative estimate of drug-likeness (QED) is 0.343. The molecule has 0 bridgehead atoms. The number of carbonyl (C=O) groups excluding carboxylic acids is 3. The van der Waals surface area contributed by atoms with Crippen molar-refractivity contribution in [3.05, 3.63) is 65.7 Å². The predicted octanol–water partition coefficient (Wildman–Crippen LogP) is 5.47. The Kier molecular flexibility index (Phi) is 10.1. The minimum atomic E-state index is -0.827. The second-order valence-corrected chi connectivity index (χ2v) is 12.9. The van der Waals surface area contributed by atoms with E-state index >= 15 is 0 Å². The van der Waals surface area contributed by atoms with Gasteiger partial charge in [-0.05, 0) is 88.3 Å². The number of ether oxygens (including phenoxy) is 1. The highest BCUT2D eigenvalue weighted by Crippen LogP contribution is 2.46. The number of carboxylic acid groups (broad SMARTS) is 1. The van der Waals surface area contributed by atoms with Gasteiger partial charge in [-0.3, -0.25) is 24.1 Å². The molecule has 2 aromatic rings. The number of fused-ring (bicyclic) bond motifs is 1. The Hall–Kier alpha value is -3.68. The first-order valence-electron chi connectivity index (χ1n) is 15.1. The first-order chi connectivity index (χ1) is 19.9. The number of benzene rings is 2. The topological polar surface area (TPSA) is 113 Å². The van der Waals surface area contributed by atoms with Gasteiger partial charge < -0.3 is 15.2 Å². The molecule has 2 aliphatic rings. The van der Waals surface area contributed by atoms with Crippen LogP contribution in [0.4, 0.5) is 5.69 Å². The van der Waals surface area contributed by atoms with Crippen LogP contribution < -0.4 is 10.2 Å². The predicted molar refractivity (Wildman–Crippen MR) is 161 cm³/mol. The molecule has 1 aliphatic carbocycles. The van der Waals surface area contributed by atoms with Crippen molar-refractivity contribution in [3.63, 3.8) is 0 Å². The molecular weight excluding hydrogens is 532 g/mol. The maximum Gasteiger partial charge on any atom is 0.326 e. The fourth-order valence-electron chi connectivity index (χ4n) is 6.50. The maximum absolute atomic E-state index is 13.8. The first-order valence-corrected chi connectivity index (χ1v) is 15.1. The SMILES string of the molecule is CC(C)(C)OC(=O)CN1C(=O)C(NC(=O)CC2(CC(CCc3ccccc3)C(=O)O)CCCC2)CCc2ccccc21. The monoisotopic (exact) mass is 576 g/mol. The highest BCUT2D eigenvalue weighted by atomic mass is 16.6. The van der Waals surface area contributed by atoms with Crippen LogP contribution in [-0.4, -0.2) is 47.0 Å². The summed E-state index contributed by atoms with van der Waals surface area (Å²) < 4.78 is 5.50. The number of para-hydroxylation sites is 1. The van der Waals surface area contributed by atoms with Crippen molar-refractivity contribution in [2.45, 2.75) is 96.6 Å². The molecule has 4 rings (SSSR count). The third-order valence-electron chi connectivity index (χ3n) is 8.44. The Balaban J connectivity index is 1.45. The second kappa shape index (κ2) is 13.5. The molecule has 8 nitrogen and oxygen atoms in total. The molecule has 226 valence electrons. The largest absolute Gasteiger partial charge is 0.481 e. The molecule has 1 saturated carbocycles. The zero-order chi connectivity index (χ0) is 30.3. The van der Waals surface area contributed by atoms with E-state index in [9.17, 15) is 24.3 Å². The van der Waals surface area contributed by atoms with E-state index in [1.807, 2.05) is 54.6 Å². The highest BCUT2D eigenvalue weighted by molar-refractivity contribution is 6.03. The van der Waals surface area contributed by atoms with Crippen LogP contribution in [0.25, 0.3) is 0 Å². The standard InChI is InChI=1S/C34H44N2O6/c1-33(2,3)42-30(38)23-36-28-14-8-7-13-25(28)17-18-27(31(36)39)35-29(37)22-34(19-9-10-20-34)21-26(32(40)41)16-15-24-11-5-4-6-12-24/h4-8,11-14,26-27H,9-10,15-23H2,1-3H3,(H,35,37)(H,40,41). The van der Waals surface area contributed by atoms with Crippen molar-refractivity contribution < 1.29 is 29.0 Å². The third kappa shape index (κ3) is 8.43. The van der Waals surface area contributed by atoms with Crippen LogP contribution in [0.5, 0.6) is 0 Å². The van der Waals surface area contributed by atoms with E-state index in [1.54, 1.807) is 20.8 Å². The minimum absolute atomic E-state index is 0.185. The average Bonchev–Trinajstić information content (AvgIpc) is 3.34. The van der Waals surface area contributed by atoms with Gasteiger partial charge in [0, 0.05) is 12.1 Å². The van der Waals surface area contributed by atoms with E-state index in [-0.39, 0.29) is 24.8 Å². The molecular formula is C34H44N2O6. The number of carbonyl (C=O) groups is 4. The Morgan fingerprint density at radius 3 is 2.38 bits per heavy atom. The second-order valence-electron chi connectivity index (χ2n) is 12.9. The van der Waals surface area contributed by atoms with E-state index in [2.05, 4.69) is 5.32 Å². The van der Waals surface area contributed by atoms with Crippen molar-refractivity contribution in [1.82, 2.24) is 5.32 Å². The number of hydrogen-bond donors (Lipinski definition) is 2. The molecule has 2 atom stereocenters. The van der Waals surface area contributed by atoms with Gasteiger partial charge in [0.1, 0.15) is 18.2 Å². The Labute approximate surface area is 248 Å². The number of aliphatic carboxylic acids is 1. The Morgan fingerprint density at radius 2 is 1.71 bits per heavy atom. The molecule has 42 heavy (non-hydrogen) atoms. The van der Waals surface area contributed by atoms with Gasteiger partial charge in [0.2, 0.25) is 11.8 Å². The van der Waals surface area contributed by atoms with E-state index in [0.717, 1.165) is 36.8 Å². The summed E-state index contributed by atoms with van der Waals surface area (Å²) in [6.07, 6.45) is 6.31. The van der Waals surface area contributed by atoms with Crippen molar-refractivity contribution in [3.8, 4) is 0 Å². The molecule has 2 amide bonds. The summed E-state index contributed by atoms with van der Waals surface area (Å²) >= 11 is 0. The van der Waals surface area contributed by atoms with Gasteiger partial charge in [0.15, 0.2) is 0 Å². The van der Waals surface area contributed by atoms with Gasteiger partial charge in [-0.1, -0.05) is 61.4 Å². The molecule has 2 unspecified atom stereocenters. The lowest BCUT2D eigenvalue weighted by Crippen LogP contribution is -2.50. The number of nitrogens with zero attached hydrogens (tertiary/aromatic N) is 1. The highest BCUT2D eigenvalue weighted by Gasteiger charge is 2.41. The van der Waals surface area contributed by atoms with E-state index in [4.69, 9.17) is 4.74 Å². The van der Waals surface area contributed by atoms with Gasteiger partial charge >= 0.3 is 11.9 Å². The fourth-order valence-corrected chi connectivity index (χ4v) is 6.50. The van der Waals surface area contributed by atoms with Crippen LogP contribution >= 0.6 is 0 Å². The van der Waals surface area contributed by atoms with Crippen LogP contribution in [0.3, 0.4) is 0 Å². The number of rotatable bonds is 11. The normalized spacial score (nSPS) is 19.0. The van der Waals surface area contributed by atoms with Crippen LogP contribution in [0.2, 0.25) is 0 Å². The van der Waals surface area contributed by atoms with E-state index in [1.165, 1.54) is 4.90 Å². The first kappa shape index (κ1) is 31.3. The van der Waals surface area contributed by atoms with Crippen LogP contribution in [0, 0.1) is 11.3 Å². The van der Waals surface area contributed by atoms with Gasteiger partial charge in [0.05, 0.1) is 5.92 Å². The molecule has 0 aromatic heterocycles. The minimum Gasteiger partial charge on any atom is -0.481 e. The van der Waals surface area contributed by atoms with E-state index in [0.29, 0.717) is 37.8 Å². The molecule has 1 aliphatic heterocycles.